The lowest BCUT2D eigenvalue weighted by molar-refractivity contribution is -0.152. The lowest BCUT2D eigenvalue weighted by Crippen LogP contribution is -2.53. The molecule has 0 aromatic heterocycles. The minimum atomic E-state index is -0.246. The van der Waals surface area contributed by atoms with Crippen molar-refractivity contribution in [3.05, 3.63) is 23.8 Å². The number of rotatable bonds is 0. The Morgan fingerprint density at radius 1 is 1.35 bits per heavy atom. The summed E-state index contributed by atoms with van der Waals surface area (Å²) in [6.45, 7) is 5.31. The molecule has 0 unspecified atom stereocenters. The predicted molar refractivity (Wildman–Crippen MR) is 74.9 cm³/mol. The van der Waals surface area contributed by atoms with Gasteiger partial charge in [-0.2, -0.15) is 0 Å². The Labute approximate surface area is 119 Å². The van der Waals surface area contributed by atoms with Gasteiger partial charge in [-0.05, 0) is 51.4 Å². The first-order chi connectivity index (χ1) is 9.54. The molecule has 0 bridgehead atoms. The van der Waals surface area contributed by atoms with Crippen LogP contribution in [0.1, 0.15) is 38.4 Å². The van der Waals surface area contributed by atoms with Crippen LogP contribution in [0.3, 0.4) is 0 Å². The van der Waals surface area contributed by atoms with E-state index >= 15 is 0 Å². The zero-order valence-electron chi connectivity index (χ0n) is 11.9. The molecule has 3 aliphatic heterocycles. The Kier molecular flexibility index (Phi) is 2.57. The third kappa shape index (κ3) is 1.75. The summed E-state index contributed by atoms with van der Waals surface area (Å²) in [6, 6.07) is 5.77. The van der Waals surface area contributed by atoms with Gasteiger partial charge >= 0.3 is 0 Å². The second kappa shape index (κ2) is 4.12. The maximum Gasteiger partial charge on any atom is 0.126 e. The standard InChI is InChI=1S/C16H21NO3/c1-16(2)11-8-12-14(5-6-17-12)19-15(11)10-7-9(18)3-4-13(10)20-16/h3-4,7,11-12,14-15,17-18H,5-6,8H2,1-2H3/t11-,12+,14-,15+/m0/s1. The molecule has 1 aromatic carbocycles. The van der Waals surface area contributed by atoms with Crippen molar-refractivity contribution in [2.45, 2.75) is 50.5 Å². The molecule has 0 amide bonds. The van der Waals surface area contributed by atoms with Crippen LogP contribution >= 0.6 is 0 Å². The monoisotopic (exact) mass is 275 g/mol. The highest BCUT2D eigenvalue weighted by Crippen LogP contribution is 2.52. The Bertz CT molecular complexity index is 543. The largest absolute Gasteiger partial charge is 0.508 e. The van der Waals surface area contributed by atoms with E-state index in [1.165, 1.54) is 0 Å². The van der Waals surface area contributed by atoms with Crippen molar-refractivity contribution in [3.63, 3.8) is 0 Å². The number of fused-ring (bicyclic) bond motifs is 4. The molecule has 1 aromatic rings. The van der Waals surface area contributed by atoms with E-state index in [-0.39, 0.29) is 17.5 Å². The summed E-state index contributed by atoms with van der Waals surface area (Å²) in [5, 5.41) is 13.3. The van der Waals surface area contributed by atoms with Crippen LogP contribution in [-0.4, -0.2) is 29.4 Å². The fourth-order valence-electron chi connectivity index (χ4n) is 3.97. The van der Waals surface area contributed by atoms with Crippen LogP contribution in [0.2, 0.25) is 0 Å². The van der Waals surface area contributed by atoms with E-state index in [0.29, 0.717) is 18.1 Å². The van der Waals surface area contributed by atoms with Crippen molar-refractivity contribution in [3.8, 4) is 11.5 Å². The molecule has 4 atom stereocenters. The predicted octanol–water partition coefficient (Wildman–Crippen LogP) is 2.37. The summed E-state index contributed by atoms with van der Waals surface area (Å²) < 4.78 is 12.6. The van der Waals surface area contributed by atoms with Gasteiger partial charge in [0.05, 0.1) is 12.2 Å². The molecule has 2 saturated heterocycles. The highest BCUT2D eigenvalue weighted by Gasteiger charge is 2.51. The van der Waals surface area contributed by atoms with E-state index in [4.69, 9.17) is 9.47 Å². The van der Waals surface area contributed by atoms with Gasteiger partial charge in [-0.1, -0.05) is 0 Å². The average Bonchev–Trinajstić information content (AvgIpc) is 2.85. The molecule has 4 rings (SSSR count). The highest BCUT2D eigenvalue weighted by atomic mass is 16.5. The molecule has 0 spiro atoms. The lowest BCUT2D eigenvalue weighted by atomic mass is 9.74. The average molecular weight is 275 g/mol. The number of aromatic hydroxyl groups is 1. The number of ether oxygens (including phenoxy) is 2. The first kappa shape index (κ1) is 12.5. The molecule has 0 radical (unpaired) electrons. The summed E-state index contributed by atoms with van der Waals surface area (Å²) in [4.78, 5) is 0. The van der Waals surface area contributed by atoms with Crippen molar-refractivity contribution in [2.75, 3.05) is 6.54 Å². The Hall–Kier alpha value is -1.26. The number of phenolic OH excluding ortho intramolecular Hbond substituents is 1. The van der Waals surface area contributed by atoms with E-state index in [9.17, 15) is 5.11 Å². The van der Waals surface area contributed by atoms with Gasteiger partial charge in [0.2, 0.25) is 0 Å². The van der Waals surface area contributed by atoms with Crippen molar-refractivity contribution >= 4 is 0 Å². The quantitative estimate of drug-likeness (QED) is 0.763. The Balaban J connectivity index is 1.78. The van der Waals surface area contributed by atoms with Crippen molar-refractivity contribution in [2.24, 2.45) is 5.92 Å². The van der Waals surface area contributed by atoms with Gasteiger partial charge in [0.15, 0.2) is 0 Å². The smallest absolute Gasteiger partial charge is 0.126 e. The molecule has 4 heteroatoms. The number of hydrogen-bond donors (Lipinski definition) is 2. The summed E-state index contributed by atoms with van der Waals surface area (Å²) in [6.07, 6.45) is 2.46. The number of nitrogens with one attached hydrogen (secondary N) is 1. The first-order valence-corrected chi connectivity index (χ1v) is 7.45. The first-order valence-electron chi connectivity index (χ1n) is 7.45. The van der Waals surface area contributed by atoms with Crippen LogP contribution < -0.4 is 10.1 Å². The van der Waals surface area contributed by atoms with E-state index in [1.54, 1.807) is 12.1 Å². The van der Waals surface area contributed by atoms with E-state index in [2.05, 4.69) is 19.2 Å². The zero-order chi connectivity index (χ0) is 13.9. The van der Waals surface area contributed by atoms with Gasteiger partial charge in [0, 0.05) is 17.5 Å². The van der Waals surface area contributed by atoms with Gasteiger partial charge < -0.3 is 19.9 Å². The van der Waals surface area contributed by atoms with Crippen LogP contribution in [0.25, 0.3) is 0 Å². The van der Waals surface area contributed by atoms with Gasteiger partial charge in [0.25, 0.3) is 0 Å². The normalized spacial score (nSPS) is 37.5. The molecule has 2 N–H and O–H groups in total. The molecule has 0 saturated carbocycles. The van der Waals surface area contributed by atoms with Gasteiger partial charge in [-0.3, -0.25) is 0 Å². The minimum Gasteiger partial charge on any atom is -0.508 e. The molecule has 20 heavy (non-hydrogen) atoms. The number of phenols is 1. The van der Waals surface area contributed by atoms with E-state index in [0.717, 1.165) is 30.7 Å². The van der Waals surface area contributed by atoms with E-state index < -0.39 is 0 Å². The summed E-state index contributed by atoms with van der Waals surface area (Å²) in [5.41, 5.74) is 0.754. The van der Waals surface area contributed by atoms with Crippen molar-refractivity contribution < 1.29 is 14.6 Å². The Morgan fingerprint density at radius 3 is 3.05 bits per heavy atom. The molecule has 108 valence electrons. The van der Waals surface area contributed by atoms with Crippen LogP contribution in [0.4, 0.5) is 0 Å². The van der Waals surface area contributed by atoms with Gasteiger partial charge in [-0.15, -0.1) is 0 Å². The highest BCUT2D eigenvalue weighted by molar-refractivity contribution is 5.44. The minimum absolute atomic E-state index is 0.0296. The van der Waals surface area contributed by atoms with Gasteiger partial charge in [-0.25, -0.2) is 0 Å². The topological polar surface area (TPSA) is 50.7 Å². The maximum absolute atomic E-state index is 9.77. The van der Waals surface area contributed by atoms with E-state index in [1.807, 2.05) is 6.07 Å². The fourth-order valence-corrected chi connectivity index (χ4v) is 3.97. The Morgan fingerprint density at radius 2 is 2.20 bits per heavy atom. The SMILES string of the molecule is CC1(C)Oc2ccc(O)cc2[C@H]2O[C@H]3CCN[C@@H]3C[C@@H]21. The molecule has 3 heterocycles. The number of benzene rings is 1. The van der Waals surface area contributed by atoms with Gasteiger partial charge in [0.1, 0.15) is 17.1 Å². The van der Waals surface area contributed by atoms with Crippen LogP contribution in [0, 0.1) is 5.92 Å². The summed E-state index contributed by atoms with van der Waals surface area (Å²) in [5.74, 6) is 1.43. The molecule has 3 aliphatic rings. The third-order valence-electron chi connectivity index (χ3n) is 5.04. The van der Waals surface area contributed by atoms with Crippen molar-refractivity contribution in [1.82, 2.24) is 5.32 Å². The molecule has 4 nitrogen and oxygen atoms in total. The van der Waals surface area contributed by atoms with Crippen LogP contribution in [-0.2, 0) is 4.74 Å². The zero-order valence-corrected chi connectivity index (χ0v) is 11.9. The molecule has 0 aliphatic carbocycles. The molecular formula is C16H21NO3. The summed E-state index contributed by atoms with van der Waals surface area (Å²) >= 11 is 0. The lowest BCUT2D eigenvalue weighted by Gasteiger charge is -2.49. The maximum atomic E-state index is 9.77. The van der Waals surface area contributed by atoms with Crippen LogP contribution in [0.5, 0.6) is 11.5 Å². The number of hydrogen-bond acceptors (Lipinski definition) is 4. The van der Waals surface area contributed by atoms with Crippen molar-refractivity contribution in [1.29, 1.82) is 0 Å². The summed E-state index contributed by atoms with van der Waals surface area (Å²) in [7, 11) is 0. The second-order valence-electron chi connectivity index (χ2n) is 6.71. The van der Waals surface area contributed by atoms with Crippen LogP contribution in [0.15, 0.2) is 18.2 Å². The molecule has 2 fully saturated rings. The third-order valence-corrected chi connectivity index (χ3v) is 5.04. The fraction of sp³-hybridized carbons (Fsp3) is 0.625. The second-order valence-corrected chi connectivity index (χ2v) is 6.71. The molecular weight excluding hydrogens is 254 g/mol.